The lowest BCUT2D eigenvalue weighted by molar-refractivity contribution is -0.122. The van der Waals surface area contributed by atoms with E-state index in [1.54, 1.807) is 30.3 Å². The molecule has 5 heteroatoms. The molecule has 1 atom stereocenters. The van der Waals surface area contributed by atoms with Crippen LogP contribution in [0.3, 0.4) is 0 Å². The zero-order valence-electron chi connectivity index (χ0n) is 16.0. The van der Waals surface area contributed by atoms with E-state index in [1.165, 1.54) is 0 Å². The van der Waals surface area contributed by atoms with Crippen molar-refractivity contribution < 1.29 is 14.3 Å². The number of carbonyl (C=O) groups is 2. The first kappa shape index (κ1) is 20.2. The first-order chi connectivity index (χ1) is 13.0. The third kappa shape index (κ3) is 5.45. The van der Waals surface area contributed by atoms with Crippen LogP contribution < -0.4 is 15.4 Å². The van der Waals surface area contributed by atoms with Gasteiger partial charge in [-0.05, 0) is 49.6 Å². The molecular formula is C22H26N2O3. The lowest BCUT2D eigenvalue weighted by Crippen LogP contribution is -2.33. The molecule has 0 aliphatic carbocycles. The highest BCUT2D eigenvalue weighted by molar-refractivity contribution is 6.04. The van der Waals surface area contributed by atoms with Gasteiger partial charge in [0.1, 0.15) is 5.75 Å². The Morgan fingerprint density at radius 3 is 2.63 bits per heavy atom. The van der Waals surface area contributed by atoms with Gasteiger partial charge in [-0.3, -0.25) is 9.59 Å². The van der Waals surface area contributed by atoms with Crippen LogP contribution in [0.4, 0.5) is 5.69 Å². The Labute approximate surface area is 160 Å². The van der Waals surface area contributed by atoms with E-state index in [9.17, 15) is 9.59 Å². The van der Waals surface area contributed by atoms with Crippen LogP contribution in [0, 0.1) is 13.8 Å². The van der Waals surface area contributed by atoms with Crippen molar-refractivity contribution >= 4 is 17.5 Å². The van der Waals surface area contributed by atoms with Crippen molar-refractivity contribution in [1.82, 2.24) is 5.32 Å². The van der Waals surface area contributed by atoms with E-state index in [1.807, 2.05) is 39.0 Å². The van der Waals surface area contributed by atoms with Gasteiger partial charge in [-0.25, -0.2) is 0 Å². The quantitative estimate of drug-likeness (QED) is 0.694. The molecule has 0 heterocycles. The molecule has 0 fully saturated rings. The van der Waals surface area contributed by atoms with Crippen molar-refractivity contribution in [2.24, 2.45) is 0 Å². The number of para-hydroxylation sites is 1. The second-order valence-electron chi connectivity index (χ2n) is 6.32. The molecule has 2 aromatic rings. The summed E-state index contributed by atoms with van der Waals surface area (Å²) in [7, 11) is 0. The van der Waals surface area contributed by atoms with Crippen molar-refractivity contribution in [3.05, 3.63) is 71.8 Å². The normalized spacial score (nSPS) is 11.4. The fourth-order valence-electron chi connectivity index (χ4n) is 2.57. The average molecular weight is 366 g/mol. The van der Waals surface area contributed by atoms with E-state index in [0.717, 1.165) is 11.1 Å². The van der Waals surface area contributed by atoms with E-state index < -0.39 is 6.10 Å². The summed E-state index contributed by atoms with van der Waals surface area (Å²) in [5.74, 6) is 0.130. The summed E-state index contributed by atoms with van der Waals surface area (Å²) >= 11 is 0. The van der Waals surface area contributed by atoms with Gasteiger partial charge in [-0.1, -0.05) is 37.3 Å². The van der Waals surface area contributed by atoms with Gasteiger partial charge in [0.25, 0.3) is 11.8 Å². The van der Waals surface area contributed by atoms with E-state index >= 15 is 0 Å². The van der Waals surface area contributed by atoms with Gasteiger partial charge in [0.2, 0.25) is 0 Å². The summed E-state index contributed by atoms with van der Waals surface area (Å²) in [6, 6.07) is 12.8. The van der Waals surface area contributed by atoms with Gasteiger partial charge >= 0.3 is 0 Å². The molecule has 0 unspecified atom stereocenters. The molecule has 0 saturated carbocycles. The predicted molar refractivity (Wildman–Crippen MR) is 108 cm³/mol. The maximum atomic E-state index is 12.7. The SMILES string of the molecule is C=CCNC(=O)c1ccccc1NC(=O)[C@@H](CC)Oc1cc(C)ccc1C. The number of nitrogens with one attached hydrogen (secondary N) is 2. The minimum Gasteiger partial charge on any atom is -0.480 e. The number of benzene rings is 2. The van der Waals surface area contributed by atoms with Crippen molar-refractivity contribution in [2.45, 2.75) is 33.3 Å². The van der Waals surface area contributed by atoms with Gasteiger partial charge in [-0.2, -0.15) is 0 Å². The van der Waals surface area contributed by atoms with Gasteiger partial charge in [0.05, 0.1) is 11.3 Å². The molecule has 0 bridgehead atoms. The van der Waals surface area contributed by atoms with Gasteiger partial charge in [0.15, 0.2) is 6.10 Å². The van der Waals surface area contributed by atoms with E-state index in [2.05, 4.69) is 17.2 Å². The second kappa shape index (κ2) is 9.57. The fourth-order valence-corrected chi connectivity index (χ4v) is 2.57. The zero-order valence-corrected chi connectivity index (χ0v) is 16.0. The van der Waals surface area contributed by atoms with E-state index in [-0.39, 0.29) is 11.8 Å². The standard InChI is InChI=1S/C22H26N2O3/c1-5-13-23-21(25)17-9-7-8-10-18(17)24-22(26)19(6-2)27-20-14-15(3)11-12-16(20)4/h5,7-12,14,19H,1,6,13H2,2-4H3,(H,23,25)(H,24,26)/t19-/m1/s1. The highest BCUT2D eigenvalue weighted by Crippen LogP contribution is 2.22. The monoisotopic (exact) mass is 366 g/mol. The molecule has 2 rings (SSSR count). The van der Waals surface area contributed by atoms with Crippen LogP contribution in [-0.2, 0) is 4.79 Å². The summed E-state index contributed by atoms with van der Waals surface area (Å²) in [6.45, 7) is 9.75. The zero-order chi connectivity index (χ0) is 19.8. The summed E-state index contributed by atoms with van der Waals surface area (Å²) in [4.78, 5) is 25.0. The molecule has 0 aliphatic rings. The Morgan fingerprint density at radius 2 is 1.93 bits per heavy atom. The number of rotatable bonds is 8. The third-order valence-corrected chi connectivity index (χ3v) is 4.11. The largest absolute Gasteiger partial charge is 0.480 e. The molecule has 142 valence electrons. The fraction of sp³-hybridized carbons (Fsp3) is 0.273. The number of hydrogen-bond donors (Lipinski definition) is 2. The van der Waals surface area contributed by atoms with Crippen LogP contribution in [0.5, 0.6) is 5.75 Å². The average Bonchev–Trinajstić information content (AvgIpc) is 2.67. The van der Waals surface area contributed by atoms with Crippen molar-refractivity contribution in [1.29, 1.82) is 0 Å². The van der Waals surface area contributed by atoms with Crippen molar-refractivity contribution in [3.63, 3.8) is 0 Å². The Morgan fingerprint density at radius 1 is 1.19 bits per heavy atom. The predicted octanol–water partition coefficient (Wildman–Crippen LogP) is 4.02. The van der Waals surface area contributed by atoms with Crippen LogP contribution in [0.2, 0.25) is 0 Å². The van der Waals surface area contributed by atoms with Crippen molar-refractivity contribution in [2.75, 3.05) is 11.9 Å². The first-order valence-corrected chi connectivity index (χ1v) is 8.99. The summed E-state index contributed by atoms with van der Waals surface area (Å²) in [6.07, 6.45) is 1.45. The number of carbonyl (C=O) groups excluding carboxylic acids is 2. The van der Waals surface area contributed by atoms with Crippen LogP contribution in [0.25, 0.3) is 0 Å². The molecule has 0 saturated heterocycles. The summed E-state index contributed by atoms with van der Waals surface area (Å²) < 4.78 is 5.95. The number of aryl methyl sites for hydroxylation is 2. The topological polar surface area (TPSA) is 67.4 Å². The Hall–Kier alpha value is -3.08. The van der Waals surface area contributed by atoms with Crippen LogP contribution in [0.1, 0.15) is 34.8 Å². The number of anilines is 1. The highest BCUT2D eigenvalue weighted by atomic mass is 16.5. The Bertz CT molecular complexity index is 830. The van der Waals surface area contributed by atoms with Crippen LogP contribution in [0.15, 0.2) is 55.1 Å². The second-order valence-corrected chi connectivity index (χ2v) is 6.32. The Kier molecular flexibility index (Phi) is 7.17. The molecule has 27 heavy (non-hydrogen) atoms. The minimum absolute atomic E-state index is 0.269. The molecular weight excluding hydrogens is 340 g/mol. The van der Waals surface area contributed by atoms with E-state index in [4.69, 9.17) is 4.74 Å². The van der Waals surface area contributed by atoms with Gasteiger partial charge in [0, 0.05) is 6.54 Å². The molecule has 0 aromatic heterocycles. The number of ether oxygens (including phenoxy) is 1. The maximum Gasteiger partial charge on any atom is 0.265 e. The molecule has 0 aliphatic heterocycles. The molecule has 0 radical (unpaired) electrons. The van der Waals surface area contributed by atoms with Gasteiger partial charge in [-0.15, -0.1) is 6.58 Å². The first-order valence-electron chi connectivity index (χ1n) is 8.99. The lowest BCUT2D eigenvalue weighted by Gasteiger charge is -2.20. The third-order valence-electron chi connectivity index (χ3n) is 4.11. The molecule has 2 aromatic carbocycles. The molecule has 2 N–H and O–H groups in total. The smallest absolute Gasteiger partial charge is 0.265 e. The van der Waals surface area contributed by atoms with Gasteiger partial charge < -0.3 is 15.4 Å². The molecule has 0 spiro atoms. The molecule has 5 nitrogen and oxygen atoms in total. The summed E-state index contributed by atoms with van der Waals surface area (Å²) in [5, 5.41) is 5.54. The number of amides is 2. The highest BCUT2D eigenvalue weighted by Gasteiger charge is 2.21. The van der Waals surface area contributed by atoms with Crippen LogP contribution >= 0.6 is 0 Å². The maximum absolute atomic E-state index is 12.7. The summed E-state index contributed by atoms with van der Waals surface area (Å²) in [5.41, 5.74) is 2.88. The molecule has 2 amide bonds. The minimum atomic E-state index is -0.658. The van der Waals surface area contributed by atoms with Crippen LogP contribution in [-0.4, -0.2) is 24.5 Å². The van der Waals surface area contributed by atoms with Crippen molar-refractivity contribution in [3.8, 4) is 5.75 Å². The lowest BCUT2D eigenvalue weighted by atomic mass is 10.1. The Balaban J connectivity index is 2.16. The number of hydrogen-bond acceptors (Lipinski definition) is 3. The van der Waals surface area contributed by atoms with E-state index in [0.29, 0.717) is 30.0 Å².